The molecule has 1 aliphatic heterocycles. The molecule has 3 aromatic carbocycles. The Kier molecular flexibility index (Phi) is 6.78. The van der Waals surface area contributed by atoms with E-state index in [-0.39, 0.29) is 28.1 Å². The minimum Gasteiger partial charge on any atom is -0.507 e. The van der Waals surface area contributed by atoms with E-state index in [4.69, 9.17) is 9.47 Å². The minimum absolute atomic E-state index is 0.0203. The number of imidazole rings is 1. The van der Waals surface area contributed by atoms with Crippen LogP contribution in [0.1, 0.15) is 53.9 Å². The number of H-pyrrole nitrogens is 1. The number of aromatic nitrogens is 2. The molecule has 0 bridgehead atoms. The summed E-state index contributed by atoms with van der Waals surface area (Å²) in [5.41, 5.74) is 2.01. The highest BCUT2D eigenvalue weighted by atomic mass is 16.5. The number of hydrogen-bond donors (Lipinski definition) is 3. The number of carbonyl (C=O) groups excluding carboxylic acids is 2. The third kappa shape index (κ3) is 4.77. The van der Waals surface area contributed by atoms with Gasteiger partial charge in [0.15, 0.2) is 0 Å². The van der Waals surface area contributed by atoms with Crippen LogP contribution in [0.5, 0.6) is 11.5 Å². The molecule has 3 N–H and O–H groups in total. The highest BCUT2D eigenvalue weighted by molar-refractivity contribution is 6.51. The number of carbonyl (C=O) groups is 3. The number of methoxy groups -OCH3 is 2. The van der Waals surface area contributed by atoms with Crippen LogP contribution < -0.4 is 14.4 Å². The van der Waals surface area contributed by atoms with Gasteiger partial charge >= 0.3 is 11.9 Å². The van der Waals surface area contributed by atoms with Crippen LogP contribution in [-0.4, -0.2) is 52.1 Å². The van der Waals surface area contributed by atoms with Crippen LogP contribution in [0.4, 0.5) is 5.95 Å². The van der Waals surface area contributed by atoms with Crippen molar-refractivity contribution in [3.05, 3.63) is 88.5 Å². The van der Waals surface area contributed by atoms with Crippen molar-refractivity contribution in [2.24, 2.45) is 0 Å². The SMILES string of the molecule is COc1cccc(C2/C(=C(\O)c3cc(C(C)(C)C)ccc3OC)C(=O)C(=O)N2c2nc3ccc(C(=O)O)cc3[nH]2)c1. The molecule has 0 saturated carbocycles. The van der Waals surface area contributed by atoms with Gasteiger partial charge in [-0.25, -0.2) is 9.78 Å². The van der Waals surface area contributed by atoms with Gasteiger partial charge in [0.1, 0.15) is 17.3 Å². The molecule has 1 aliphatic rings. The van der Waals surface area contributed by atoms with Gasteiger partial charge in [-0.1, -0.05) is 39.0 Å². The van der Waals surface area contributed by atoms with Crippen molar-refractivity contribution in [1.29, 1.82) is 0 Å². The number of amides is 1. The monoisotopic (exact) mass is 555 g/mol. The lowest BCUT2D eigenvalue weighted by Gasteiger charge is -2.24. The first kappa shape index (κ1) is 27.4. The van der Waals surface area contributed by atoms with Crippen LogP contribution in [-0.2, 0) is 15.0 Å². The molecule has 10 heteroatoms. The van der Waals surface area contributed by atoms with E-state index in [9.17, 15) is 24.6 Å². The molecule has 2 heterocycles. The first-order chi connectivity index (χ1) is 19.4. The molecular weight excluding hydrogens is 526 g/mol. The summed E-state index contributed by atoms with van der Waals surface area (Å²) in [5.74, 6) is -2.51. The Morgan fingerprint density at radius 2 is 1.73 bits per heavy atom. The number of ketones is 1. The third-order valence-electron chi connectivity index (χ3n) is 7.12. The smallest absolute Gasteiger partial charge is 0.335 e. The van der Waals surface area contributed by atoms with Crippen LogP contribution in [0.2, 0.25) is 0 Å². The van der Waals surface area contributed by atoms with Gasteiger partial charge in [0, 0.05) is 0 Å². The van der Waals surface area contributed by atoms with E-state index in [0.29, 0.717) is 28.1 Å². The molecule has 1 aromatic heterocycles. The lowest BCUT2D eigenvalue weighted by Crippen LogP contribution is -2.30. The number of aromatic carboxylic acids is 1. The quantitative estimate of drug-likeness (QED) is 0.167. The number of fused-ring (bicyclic) bond motifs is 1. The minimum atomic E-state index is -1.12. The number of carboxylic acids is 1. The summed E-state index contributed by atoms with van der Waals surface area (Å²) in [4.78, 5) is 47.5. The van der Waals surface area contributed by atoms with Crippen molar-refractivity contribution >= 4 is 40.4 Å². The van der Waals surface area contributed by atoms with E-state index >= 15 is 0 Å². The third-order valence-corrected chi connectivity index (χ3v) is 7.12. The predicted octanol–water partition coefficient (Wildman–Crippen LogP) is 5.20. The summed E-state index contributed by atoms with van der Waals surface area (Å²) in [6.07, 6.45) is 0. The maximum atomic E-state index is 13.7. The zero-order valence-electron chi connectivity index (χ0n) is 23.2. The van der Waals surface area contributed by atoms with Crippen molar-refractivity contribution in [2.75, 3.05) is 19.1 Å². The van der Waals surface area contributed by atoms with E-state index in [1.807, 2.05) is 26.8 Å². The Morgan fingerprint density at radius 1 is 0.976 bits per heavy atom. The van der Waals surface area contributed by atoms with Gasteiger partial charge in [-0.05, 0) is 59.0 Å². The van der Waals surface area contributed by atoms with Crippen LogP contribution >= 0.6 is 0 Å². The number of hydrogen-bond acceptors (Lipinski definition) is 7. The normalized spacial score (nSPS) is 16.8. The molecule has 210 valence electrons. The number of rotatable bonds is 6. The fourth-order valence-corrected chi connectivity index (χ4v) is 4.93. The van der Waals surface area contributed by atoms with E-state index < -0.39 is 29.5 Å². The Labute approximate surface area is 235 Å². The molecule has 0 spiro atoms. The Morgan fingerprint density at radius 3 is 2.39 bits per heavy atom. The average Bonchev–Trinajstić information content (AvgIpc) is 3.49. The zero-order chi connectivity index (χ0) is 29.6. The number of nitrogens with one attached hydrogen (secondary N) is 1. The molecule has 0 radical (unpaired) electrons. The largest absolute Gasteiger partial charge is 0.507 e. The molecule has 0 aliphatic carbocycles. The van der Waals surface area contributed by atoms with Gasteiger partial charge in [0.25, 0.3) is 5.78 Å². The molecule has 5 rings (SSSR count). The van der Waals surface area contributed by atoms with Crippen molar-refractivity contribution in [3.8, 4) is 11.5 Å². The highest BCUT2D eigenvalue weighted by Gasteiger charge is 2.48. The van der Waals surface area contributed by atoms with Gasteiger partial charge < -0.3 is 24.7 Å². The summed E-state index contributed by atoms with van der Waals surface area (Å²) >= 11 is 0. The van der Waals surface area contributed by atoms with Crippen molar-refractivity contribution in [1.82, 2.24) is 9.97 Å². The van der Waals surface area contributed by atoms with Gasteiger partial charge in [0.2, 0.25) is 5.95 Å². The van der Waals surface area contributed by atoms with Crippen molar-refractivity contribution in [3.63, 3.8) is 0 Å². The molecule has 10 nitrogen and oxygen atoms in total. The van der Waals surface area contributed by atoms with E-state index in [1.165, 1.54) is 37.3 Å². The van der Waals surface area contributed by atoms with Gasteiger partial charge in [-0.2, -0.15) is 0 Å². The van der Waals surface area contributed by atoms with E-state index in [1.54, 1.807) is 36.4 Å². The first-order valence-electron chi connectivity index (χ1n) is 12.8. The fraction of sp³-hybridized carbons (Fsp3) is 0.226. The lowest BCUT2D eigenvalue weighted by molar-refractivity contribution is -0.132. The maximum absolute atomic E-state index is 13.7. The highest BCUT2D eigenvalue weighted by Crippen LogP contribution is 2.44. The van der Waals surface area contributed by atoms with Gasteiger partial charge in [-0.15, -0.1) is 0 Å². The van der Waals surface area contributed by atoms with Crippen molar-refractivity contribution < 1.29 is 34.1 Å². The number of Topliss-reactive ketones (excluding diaryl/α,β-unsaturated/α-hetero) is 1. The molecule has 1 atom stereocenters. The molecule has 1 unspecified atom stereocenters. The number of anilines is 1. The predicted molar refractivity (Wildman–Crippen MR) is 153 cm³/mol. The second kappa shape index (κ2) is 10.1. The molecule has 1 amide bonds. The summed E-state index contributed by atoms with van der Waals surface area (Å²) in [7, 11) is 2.96. The lowest BCUT2D eigenvalue weighted by atomic mass is 9.85. The summed E-state index contributed by atoms with van der Waals surface area (Å²) < 4.78 is 10.9. The number of benzene rings is 3. The average molecular weight is 556 g/mol. The van der Waals surface area contributed by atoms with Crippen LogP contribution in [0.15, 0.2) is 66.2 Å². The molecule has 1 fully saturated rings. The van der Waals surface area contributed by atoms with Crippen LogP contribution in [0, 0.1) is 0 Å². The number of aromatic amines is 1. The van der Waals surface area contributed by atoms with Gasteiger partial charge in [-0.3, -0.25) is 14.5 Å². The maximum Gasteiger partial charge on any atom is 0.335 e. The topological polar surface area (TPSA) is 142 Å². The molecule has 1 saturated heterocycles. The standard InChI is InChI=1S/C31H29N3O7/c1-31(2,3)18-10-12-23(41-5)20(15-18)26(35)24-25(16-7-6-8-19(13-16)40-4)34(28(37)27(24)36)30-32-21-11-9-17(29(38)39)14-22(21)33-30/h6-15,25,35H,1-5H3,(H,32,33)(H,38,39)/b26-24+. The Bertz CT molecular complexity index is 1750. The van der Waals surface area contributed by atoms with Gasteiger partial charge in [0.05, 0.1) is 48.0 Å². The summed E-state index contributed by atoms with van der Waals surface area (Å²) in [5, 5.41) is 21.1. The Hall–Kier alpha value is -5.12. The zero-order valence-corrected chi connectivity index (χ0v) is 23.2. The molecular formula is C31H29N3O7. The number of nitrogens with zero attached hydrogens (tertiary/aromatic N) is 2. The van der Waals surface area contributed by atoms with Crippen molar-refractivity contribution in [2.45, 2.75) is 32.2 Å². The number of carboxylic acid groups (broad SMARTS) is 1. The van der Waals surface area contributed by atoms with Crippen LogP contribution in [0.3, 0.4) is 0 Å². The number of aliphatic hydroxyl groups excluding tert-OH is 1. The molecule has 41 heavy (non-hydrogen) atoms. The van der Waals surface area contributed by atoms with E-state index in [2.05, 4.69) is 9.97 Å². The summed E-state index contributed by atoms with van der Waals surface area (Å²) in [6, 6.07) is 15.4. The number of ether oxygens (including phenoxy) is 2. The fourth-order valence-electron chi connectivity index (χ4n) is 4.93. The van der Waals surface area contributed by atoms with E-state index in [0.717, 1.165) is 5.56 Å². The second-order valence-corrected chi connectivity index (χ2v) is 10.7. The second-order valence-electron chi connectivity index (χ2n) is 10.7. The Balaban J connectivity index is 1.76. The number of aliphatic hydroxyl groups is 1. The summed E-state index contributed by atoms with van der Waals surface area (Å²) in [6.45, 7) is 6.06. The van der Waals surface area contributed by atoms with Crippen LogP contribution in [0.25, 0.3) is 16.8 Å². The first-order valence-corrected chi connectivity index (χ1v) is 12.8. The molecule has 4 aromatic rings.